The second kappa shape index (κ2) is 8.22. The second-order valence-electron chi connectivity index (χ2n) is 4.99. The fourth-order valence-corrected chi connectivity index (χ4v) is 1.94. The third-order valence-electron chi connectivity index (χ3n) is 3.14. The molecule has 0 unspecified atom stereocenters. The number of unbranched alkanes of at least 4 members (excludes halogenated alkanes) is 1. The van der Waals surface area contributed by atoms with E-state index in [1.807, 2.05) is 0 Å². The SMILES string of the molecule is C#CCCC[C@H](NC(=O)Cc1ccc(C(F)(F)F)cc1)C(N)=O. The molecule has 1 atom stereocenters. The van der Waals surface area contributed by atoms with Gasteiger partial charge in [0.25, 0.3) is 0 Å². The molecule has 0 spiro atoms. The molecule has 7 heteroatoms. The van der Waals surface area contributed by atoms with Gasteiger partial charge in [0.05, 0.1) is 12.0 Å². The van der Waals surface area contributed by atoms with E-state index in [1.165, 1.54) is 12.1 Å². The van der Waals surface area contributed by atoms with Crippen molar-refractivity contribution >= 4 is 11.8 Å². The summed E-state index contributed by atoms with van der Waals surface area (Å²) in [6.07, 6.45) is 1.85. The van der Waals surface area contributed by atoms with E-state index in [0.29, 0.717) is 24.8 Å². The lowest BCUT2D eigenvalue weighted by Gasteiger charge is -2.15. The molecule has 3 N–H and O–H groups in total. The van der Waals surface area contributed by atoms with Gasteiger partial charge in [-0.05, 0) is 30.5 Å². The van der Waals surface area contributed by atoms with Crippen molar-refractivity contribution in [3.8, 4) is 12.3 Å². The molecule has 0 radical (unpaired) electrons. The number of benzene rings is 1. The quantitative estimate of drug-likeness (QED) is 0.594. The molecule has 0 aliphatic heterocycles. The van der Waals surface area contributed by atoms with Crippen LogP contribution >= 0.6 is 0 Å². The smallest absolute Gasteiger partial charge is 0.368 e. The number of hydrogen-bond acceptors (Lipinski definition) is 2. The molecule has 4 nitrogen and oxygen atoms in total. The molecule has 0 bridgehead atoms. The second-order valence-corrected chi connectivity index (χ2v) is 4.99. The predicted molar refractivity (Wildman–Crippen MR) is 79.0 cm³/mol. The van der Waals surface area contributed by atoms with Crippen LogP contribution in [0.3, 0.4) is 0 Å². The van der Waals surface area contributed by atoms with Crippen LogP contribution in [0.2, 0.25) is 0 Å². The zero-order chi connectivity index (χ0) is 17.5. The van der Waals surface area contributed by atoms with Crippen LogP contribution in [0.25, 0.3) is 0 Å². The van der Waals surface area contributed by atoms with Gasteiger partial charge in [0.1, 0.15) is 6.04 Å². The summed E-state index contributed by atoms with van der Waals surface area (Å²) < 4.78 is 37.3. The number of halogens is 3. The van der Waals surface area contributed by atoms with Crippen LogP contribution in [0.15, 0.2) is 24.3 Å². The lowest BCUT2D eigenvalue weighted by atomic mass is 10.1. The van der Waals surface area contributed by atoms with Crippen molar-refractivity contribution in [3.05, 3.63) is 35.4 Å². The van der Waals surface area contributed by atoms with Crippen LogP contribution in [-0.2, 0) is 22.2 Å². The van der Waals surface area contributed by atoms with Gasteiger partial charge in [-0.1, -0.05) is 12.1 Å². The van der Waals surface area contributed by atoms with E-state index in [1.54, 1.807) is 0 Å². The highest BCUT2D eigenvalue weighted by Crippen LogP contribution is 2.29. The predicted octanol–water partition coefficient (Wildman–Crippen LogP) is 2.02. The van der Waals surface area contributed by atoms with Crippen molar-refractivity contribution in [2.24, 2.45) is 5.73 Å². The lowest BCUT2D eigenvalue weighted by molar-refractivity contribution is -0.137. The average molecular weight is 326 g/mol. The number of amides is 2. The molecule has 1 aromatic rings. The summed E-state index contributed by atoms with van der Waals surface area (Å²) in [7, 11) is 0. The third-order valence-corrected chi connectivity index (χ3v) is 3.14. The molecular formula is C16H17F3N2O2. The van der Waals surface area contributed by atoms with Gasteiger partial charge in [-0.2, -0.15) is 13.2 Å². The fourth-order valence-electron chi connectivity index (χ4n) is 1.94. The van der Waals surface area contributed by atoms with E-state index < -0.39 is 29.6 Å². The largest absolute Gasteiger partial charge is 0.416 e. The van der Waals surface area contributed by atoms with Gasteiger partial charge in [-0.3, -0.25) is 9.59 Å². The first-order valence-corrected chi connectivity index (χ1v) is 6.92. The van der Waals surface area contributed by atoms with Crippen molar-refractivity contribution in [2.45, 2.75) is 37.9 Å². The van der Waals surface area contributed by atoms with E-state index in [0.717, 1.165) is 12.1 Å². The zero-order valence-electron chi connectivity index (χ0n) is 12.3. The molecule has 124 valence electrons. The Morgan fingerprint density at radius 1 is 1.26 bits per heavy atom. The highest BCUT2D eigenvalue weighted by Gasteiger charge is 2.30. The Labute approximate surface area is 132 Å². The van der Waals surface area contributed by atoms with Gasteiger partial charge in [0.2, 0.25) is 11.8 Å². The number of alkyl halides is 3. The molecule has 0 aromatic heterocycles. The molecule has 0 saturated carbocycles. The summed E-state index contributed by atoms with van der Waals surface area (Å²) in [6, 6.07) is 3.41. The van der Waals surface area contributed by atoms with E-state index in [-0.39, 0.29) is 6.42 Å². The van der Waals surface area contributed by atoms with Crippen LogP contribution in [0.1, 0.15) is 30.4 Å². The summed E-state index contributed by atoms with van der Waals surface area (Å²) in [4.78, 5) is 23.1. The Hall–Kier alpha value is -2.49. The van der Waals surface area contributed by atoms with Crippen molar-refractivity contribution in [3.63, 3.8) is 0 Å². The maximum absolute atomic E-state index is 12.4. The molecule has 0 aliphatic rings. The first-order valence-electron chi connectivity index (χ1n) is 6.92. The van der Waals surface area contributed by atoms with E-state index in [4.69, 9.17) is 12.2 Å². The van der Waals surface area contributed by atoms with Gasteiger partial charge in [-0.25, -0.2) is 0 Å². The Bertz CT molecular complexity index is 589. The Morgan fingerprint density at radius 3 is 2.35 bits per heavy atom. The Kier molecular flexibility index (Phi) is 6.64. The van der Waals surface area contributed by atoms with Crippen LogP contribution in [0, 0.1) is 12.3 Å². The Morgan fingerprint density at radius 2 is 1.87 bits per heavy atom. The number of rotatable bonds is 7. The third kappa shape index (κ3) is 6.43. The molecule has 1 aromatic carbocycles. The van der Waals surface area contributed by atoms with Crippen LogP contribution in [-0.4, -0.2) is 17.9 Å². The summed E-state index contributed by atoms with van der Waals surface area (Å²) in [5, 5.41) is 2.46. The zero-order valence-corrected chi connectivity index (χ0v) is 12.3. The summed E-state index contributed by atoms with van der Waals surface area (Å²) in [6.45, 7) is 0. The minimum atomic E-state index is -4.42. The summed E-state index contributed by atoms with van der Waals surface area (Å²) in [5.74, 6) is 1.25. The molecule has 0 heterocycles. The monoisotopic (exact) mass is 326 g/mol. The number of primary amides is 1. The Balaban J connectivity index is 2.61. The number of carbonyl (C=O) groups excluding carboxylic acids is 2. The molecule has 0 aliphatic carbocycles. The first kappa shape index (κ1) is 18.6. The maximum Gasteiger partial charge on any atom is 0.416 e. The number of terminal acetylenes is 1. The molecular weight excluding hydrogens is 309 g/mol. The minimum absolute atomic E-state index is 0.142. The first-order chi connectivity index (χ1) is 10.7. The number of carbonyl (C=O) groups is 2. The molecule has 23 heavy (non-hydrogen) atoms. The van der Waals surface area contributed by atoms with Crippen molar-refractivity contribution in [2.75, 3.05) is 0 Å². The topological polar surface area (TPSA) is 72.2 Å². The van der Waals surface area contributed by atoms with Gasteiger partial charge >= 0.3 is 6.18 Å². The van der Waals surface area contributed by atoms with Crippen LogP contribution < -0.4 is 11.1 Å². The number of hydrogen-bond donors (Lipinski definition) is 2. The van der Waals surface area contributed by atoms with Crippen molar-refractivity contribution in [1.82, 2.24) is 5.32 Å². The normalized spacial score (nSPS) is 12.3. The van der Waals surface area contributed by atoms with Crippen LogP contribution in [0.4, 0.5) is 13.2 Å². The van der Waals surface area contributed by atoms with Gasteiger partial charge in [0.15, 0.2) is 0 Å². The van der Waals surface area contributed by atoms with Crippen LogP contribution in [0.5, 0.6) is 0 Å². The number of nitrogens with two attached hydrogens (primary N) is 1. The van der Waals surface area contributed by atoms with Gasteiger partial charge < -0.3 is 11.1 Å². The summed E-state index contributed by atoms with van der Waals surface area (Å²) >= 11 is 0. The molecule has 1 rings (SSSR count). The van der Waals surface area contributed by atoms with Crippen molar-refractivity contribution in [1.29, 1.82) is 0 Å². The molecule has 2 amide bonds. The molecule has 0 fully saturated rings. The van der Waals surface area contributed by atoms with Crippen molar-refractivity contribution < 1.29 is 22.8 Å². The standard InChI is InChI=1S/C16H17F3N2O2/c1-2-3-4-5-13(15(20)23)21-14(22)10-11-6-8-12(9-7-11)16(17,18)19/h1,6-9,13H,3-5,10H2,(H2,20,23)(H,21,22)/t13-/m0/s1. The van der Waals surface area contributed by atoms with Gasteiger partial charge in [-0.15, -0.1) is 12.3 Å². The van der Waals surface area contributed by atoms with Gasteiger partial charge in [0, 0.05) is 6.42 Å². The summed E-state index contributed by atoms with van der Waals surface area (Å²) in [5.41, 5.74) is 4.82. The number of nitrogens with one attached hydrogen (secondary N) is 1. The molecule has 0 saturated heterocycles. The highest BCUT2D eigenvalue weighted by atomic mass is 19.4. The van der Waals surface area contributed by atoms with E-state index in [2.05, 4.69) is 11.2 Å². The maximum atomic E-state index is 12.4. The lowest BCUT2D eigenvalue weighted by Crippen LogP contribution is -2.44. The van der Waals surface area contributed by atoms with E-state index >= 15 is 0 Å². The average Bonchev–Trinajstić information content (AvgIpc) is 2.45. The fraction of sp³-hybridized carbons (Fsp3) is 0.375. The highest BCUT2D eigenvalue weighted by molar-refractivity contribution is 5.87. The minimum Gasteiger partial charge on any atom is -0.368 e. The van der Waals surface area contributed by atoms with E-state index in [9.17, 15) is 22.8 Å².